The Morgan fingerprint density at radius 3 is 2.57 bits per heavy atom. The summed E-state index contributed by atoms with van der Waals surface area (Å²) in [6, 6.07) is 11.5. The van der Waals surface area contributed by atoms with Crippen LogP contribution in [0, 0.1) is 10.1 Å². The van der Waals surface area contributed by atoms with Crippen LogP contribution in [0.25, 0.3) is 0 Å². The van der Waals surface area contributed by atoms with Crippen LogP contribution in [0.4, 0.5) is 5.69 Å². The second-order valence-electron chi connectivity index (χ2n) is 8.64. The van der Waals surface area contributed by atoms with Crippen molar-refractivity contribution >= 4 is 17.5 Å². The predicted molar refractivity (Wildman–Crippen MR) is 123 cm³/mol. The maximum Gasteiger partial charge on any atom is 0.334 e. The summed E-state index contributed by atoms with van der Waals surface area (Å²) in [4.78, 5) is 59.3. The number of rotatable bonds is 6. The normalized spacial score (nSPS) is 20.6. The van der Waals surface area contributed by atoms with Crippen molar-refractivity contribution in [2.75, 3.05) is 0 Å². The third-order valence-corrected chi connectivity index (χ3v) is 6.41. The van der Waals surface area contributed by atoms with Gasteiger partial charge in [0.05, 0.1) is 22.9 Å². The van der Waals surface area contributed by atoms with Crippen molar-refractivity contribution in [1.82, 2.24) is 24.8 Å². The van der Waals surface area contributed by atoms with Gasteiger partial charge in [0.15, 0.2) is 0 Å². The zero-order valence-corrected chi connectivity index (χ0v) is 18.6. The van der Waals surface area contributed by atoms with Gasteiger partial charge in [-0.25, -0.2) is 0 Å². The third-order valence-electron chi connectivity index (χ3n) is 6.41. The van der Waals surface area contributed by atoms with E-state index in [9.17, 15) is 24.5 Å². The summed E-state index contributed by atoms with van der Waals surface area (Å²) in [6.07, 6.45) is 5.37. The highest BCUT2D eigenvalue weighted by molar-refractivity contribution is 5.88. The number of benzene rings is 1. The highest BCUT2D eigenvalue weighted by Gasteiger charge is 2.43. The van der Waals surface area contributed by atoms with Crippen LogP contribution in [0.2, 0.25) is 0 Å². The summed E-state index contributed by atoms with van der Waals surface area (Å²) in [5.74, 6) is -0.590. The first kappa shape index (κ1) is 22.4. The molecule has 0 radical (unpaired) electrons. The molecule has 1 aliphatic carbocycles. The maximum atomic E-state index is 13.3. The summed E-state index contributed by atoms with van der Waals surface area (Å²) >= 11 is 0. The summed E-state index contributed by atoms with van der Waals surface area (Å²) < 4.78 is 0.980. The molecule has 2 amide bonds. The molecule has 1 aromatic carbocycles. The van der Waals surface area contributed by atoms with Gasteiger partial charge in [0, 0.05) is 43.0 Å². The summed E-state index contributed by atoms with van der Waals surface area (Å²) in [5.41, 5.74) is 0.859. The average Bonchev–Trinajstić information content (AvgIpc) is 3.63. The Kier molecular flexibility index (Phi) is 5.81. The molecule has 3 aromatic rings. The molecule has 0 unspecified atom stereocenters. The van der Waals surface area contributed by atoms with Gasteiger partial charge >= 0.3 is 11.2 Å². The summed E-state index contributed by atoms with van der Waals surface area (Å²) in [7, 11) is 0. The Hall–Kier alpha value is -4.41. The number of fused-ring (bicyclic) bond motifs is 1. The molecule has 178 valence electrons. The quantitative estimate of drug-likeness (QED) is 0.418. The number of pyridine rings is 1. The number of hydrogen-bond acceptors (Lipinski definition) is 7. The van der Waals surface area contributed by atoms with Crippen molar-refractivity contribution in [2.24, 2.45) is 0 Å². The Morgan fingerprint density at radius 2 is 1.83 bits per heavy atom. The van der Waals surface area contributed by atoms with Gasteiger partial charge in [0.1, 0.15) is 12.6 Å². The molecule has 1 aliphatic heterocycles. The lowest BCUT2D eigenvalue weighted by molar-refractivity contribution is -0.386. The second kappa shape index (κ2) is 9.09. The molecular formula is C24H22N6O5. The SMILES string of the molecule is O=C(N[C@H]1C[C@@H]1c1ccccc1)[C@H]1Cc2nccnc2CN1C(=O)Cn1cccc([N+](=O)[O-])c1=O. The van der Waals surface area contributed by atoms with Crippen LogP contribution in [-0.2, 0) is 29.1 Å². The van der Waals surface area contributed by atoms with Crippen LogP contribution in [0.1, 0.15) is 29.3 Å². The van der Waals surface area contributed by atoms with E-state index in [1.807, 2.05) is 30.3 Å². The third kappa shape index (κ3) is 4.52. The number of carbonyl (C=O) groups excluding carboxylic acids is 2. The monoisotopic (exact) mass is 474 g/mol. The van der Waals surface area contributed by atoms with Gasteiger partial charge in [-0.3, -0.25) is 34.5 Å². The van der Waals surface area contributed by atoms with E-state index in [-0.39, 0.29) is 30.8 Å². The van der Waals surface area contributed by atoms with E-state index in [4.69, 9.17) is 0 Å². The van der Waals surface area contributed by atoms with Crippen LogP contribution < -0.4 is 10.9 Å². The van der Waals surface area contributed by atoms with Gasteiger partial charge in [0.25, 0.3) is 0 Å². The van der Waals surface area contributed by atoms with E-state index in [0.29, 0.717) is 11.4 Å². The first-order valence-electron chi connectivity index (χ1n) is 11.2. The minimum Gasteiger partial charge on any atom is -0.351 e. The topological polar surface area (TPSA) is 140 Å². The number of amides is 2. The van der Waals surface area contributed by atoms with Crippen LogP contribution in [0.15, 0.2) is 65.8 Å². The highest BCUT2D eigenvalue weighted by Crippen LogP contribution is 2.40. The van der Waals surface area contributed by atoms with Gasteiger partial charge in [-0.2, -0.15) is 0 Å². The molecule has 0 bridgehead atoms. The molecular weight excluding hydrogens is 452 g/mol. The Bertz CT molecular complexity index is 1360. The second-order valence-corrected chi connectivity index (χ2v) is 8.64. The van der Waals surface area contributed by atoms with E-state index >= 15 is 0 Å². The van der Waals surface area contributed by atoms with Crippen LogP contribution >= 0.6 is 0 Å². The van der Waals surface area contributed by atoms with Gasteiger partial charge in [-0.1, -0.05) is 30.3 Å². The van der Waals surface area contributed by atoms with E-state index in [1.165, 1.54) is 23.4 Å². The average molecular weight is 474 g/mol. The zero-order valence-electron chi connectivity index (χ0n) is 18.6. The number of hydrogen-bond donors (Lipinski definition) is 1. The smallest absolute Gasteiger partial charge is 0.334 e. The van der Waals surface area contributed by atoms with Crippen molar-refractivity contribution in [3.63, 3.8) is 0 Å². The molecule has 3 heterocycles. The maximum absolute atomic E-state index is 13.3. The van der Waals surface area contributed by atoms with E-state index in [1.54, 1.807) is 6.20 Å². The minimum absolute atomic E-state index is 0.0236. The molecule has 3 atom stereocenters. The van der Waals surface area contributed by atoms with E-state index < -0.39 is 34.7 Å². The van der Waals surface area contributed by atoms with Crippen LogP contribution in [0.5, 0.6) is 0 Å². The zero-order chi connectivity index (χ0) is 24.5. The van der Waals surface area contributed by atoms with Crippen molar-refractivity contribution in [2.45, 2.75) is 43.9 Å². The van der Waals surface area contributed by atoms with Gasteiger partial charge in [-0.15, -0.1) is 0 Å². The first-order valence-corrected chi connectivity index (χ1v) is 11.2. The highest BCUT2D eigenvalue weighted by atomic mass is 16.6. The number of carbonyl (C=O) groups is 2. The van der Waals surface area contributed by atoms with Crippen molar-refractivity contribution < 1.29 is 14.5 Å². The fraction of sp³-hybridized carbons (Fsp3) is 0.292. The molecule has 2 aromatic heterocycles. The Morgan fingerprint density at radius 1 is 1.09 bits per heavy atom. The van der Waals surface area contributed by atoms with Crippen molar-refractivity contribution in [3.05, 3.63) is 98.5 Å². The lowest BCUT2D eigenvalue weighted by atomic mass is 10.0. The number of nitrogens with zero attached hydrogens (tertiary/aromatic N) is 5. The van der Waals surface area contributed by atoms with Crippen LogP contribution in [0.3, 0.4) is 0 Å². The van der Waals surface area contributed by atoms with Gasteiger partial charge < -0.3 is 14.8 Å². The standard InChI is InChI=1S/C24H22N6O5/c31-22(14-28-10-4-7-20(24(28)33)30(34)35)29-13-19-18(25-8-9-26-19)12-21(29)23(32)27-17-11-16(17)15-5-2-1-3-6-15/h1-10,16-17,21H,11-14H2,(H,27,32)/t16-,17+,21-/m1/s1. The molecule has 5 rings (SSSR count). The molecule has 1 fully saturated rings. The molecule has 11 heteroatoms. The molecule has 0 spiro atoms. The number of nitro groups is 1. The molecule has 1 saturated carbocycles. The van der Waals surface area contributed by atoms with Crippen LogP contribution in [-0.4, -0.2) is 48.3 Å². The van der Waals surface area contributed by atoms with Crippen molar-refractivity contribution in [3.8, 4) is 0 Å². The number of aromatic nitrogens is 3. The largest absolute Gasteiger partial charge is 0.351 e. The summed E-state index contributed by atoms with van der Waals surface area (Å²) in [6.45, 7) is -0.382. The molecule has 11 nitrogen and oxygen atoms in total. The molecule has 2 aliphatic rings. The molecule has 1 N–H and O–H groups in total. The van der Waals surface area contributed by atoms with Crippen molar-refractivity contribution in [1.29, 1.82) is 0 Å². The lowest BCUT2D eigenvalue weighted by Gasteiger charge is -2.35. The van der Waals surface area contributed by atoms with E-state index in [0.717, 1.165) is 22.6 Å². The predicted octanol–water partition coefficient (Wildman–Crippen LogP) is 1.17. The van der Waals surface area contributed by atoms with Gasteiger partial charge in [0.2, 0.25) is 11.8 Å². The lowest BCUT2D eigenvalue weighted by Crippen LogP contribution is -2.54. The molecule has 35 heavy (non-hydrogen) atoms. The Labute approximate surface area is 199 Å². The Balaban J connectivity index is 1.36. The number of nitrogens with one attached hydrogen (secondary N) is 1. The summed E-state index contributed by atoms with van der Waals surface area (Å²) in [5, 5.41) is 14.2. The van der Waals surface area contributed by atoms with Gasteiger partial charge in [-0.05, 0) is 18.1 Å². The fourth-order valence-corrected chi connectivity index (χ4v) is 4.49. The fourth-order valence-electron chi connectivity index (χ4n) is 4.49. The minimum atomic E-state index is -0.882. The molecule has 0 saturated heterocycles. The van der Waals surface area contributed by atoms with E-state index in [2.05, 4.69) is 15.3 Å². The first-order chi connectivity index (χ1) is 16.9.